The summed E-state index contributed by atoms with van der Waals surface area (Å²) in [4.78, 5) is 15.9. The van der Waals surface area contributed by atoms with E-state index in [0.717, 1.165) is 25.7 Å². The molecular formula is C24H32N2O6. The van der Waals surface area contributed by atoms with Crippen LogP contribution in [0.2, 0.25) is 0 Å². The first kappa shape index (κ1) is 21.7. The molecular weight excluding hydrogens is 412 g/mol. The molecule has 4 fully saturated rings. The summed E-state index contributed by atoms with van der Waals surface area (Å²) < 4.78 is 32.3. The van der Waals surface area contributed by atoms with Crippen LogP contribution in [0.25, 0.3) is 0 Å². The number of hydrogen-bond acceptors (Lipinski definition) is 6. The fourth-order valence-corrected chi connectivity index (χ4v) is 5.19. The third-order valence-corrected chi connectivity index (χ3v) is 6.92. The molecule has 4 aliphatic heterocycles. The number of aromatic nitrogens is 2. The standard InChI is InChI=1S/C24H32N2O6/c1-3-9-22-13-29-24(30-14-22,31-15-22)19-8-6-12-26(19)21(23(10-4-2)16-28-17-23)32-20(27)18-7-5-11-25-18/h5-8,11-12,21,25H,3-4,9-10,13-17H2,1-2H3. The second-order valence-corrected chi connectivity index (χ2v) is 9.42. The number of nitrogens with one attached hydrogen (secondary N) is 1. The maximum atomic E-state index is 13.0. The normalized spacial score (nSPS) is 29.4. The van der Waals surface area contributed by atoms with Gasteiger partial charge in [-0.1, -0.05) is 26.7 Å². The monoisotopic (exact) mass is 444 g/mol. The highest BCUT2D eigenvalue weighted by Crippen LogP contribution is 2.50. The van der Waals surface area contributed by atoms with Gasteiger partial charge in [0.1, 0.15) is 11.4 Å². The minimum atomic E-state index is -1.28. The van der Waals surface area contributed by atoms with E-state index in [4.69, 9.17) is 23.7 Å². The minimum Gasteiger partial charge on any atom is -0.436 e. The number of carbonyl (C=O) groups is 1. The highest BCUT2D eigenvalue weighted by atomic mass is 16.9. The van der Waals surface area contributed by atoms with Gasteiger partial charge in [0.2, 0.25) is 0 Å². The Hall–Kier alpha value is -2.13. The van der Waals surface area contributed by atoms with Gasteiger partial charge in [0.25, 0.3) is 0 Å². The van der Waals surface area contributed by atoms with Crippen molar-refractivity contribution in [3.05, 3.63) is 48.0 Å². The molecule has 4 saturated heterocycles. The van der Waals surface area contributed by atoms with Crippen LogP contribution in [-0.4, -0.2) is 48.6 Å². The molecule has 0 saturated carbocycles. The molecule has 6 rings (SSSR count). The van der Waals surface area contributed by atoms with Gasteiger partial charge in [-0.2, -0.15) is 0 Å². The fraction of sp³-hybridized carbons (Fsp3) is 0.625. The largest absolute Gasteiger partial charge is 0.436 e. The molecule has 1 unspecified atom stereocenters. The van der Waals surface area contributed by atoms with Gasteiger partial charge in [0.15, 0.2) is 6.23 Å². The topological polar surface area (TPSA) is 83.9 Å². The van der Waals surface area contributed by atoms with Crippen molar-refractivity contribution < 1.29 is 28.5 Å². The second kappa shape index (κ2) is 8.33. The molecule has 2 aromatic heterocycles. The van der Waals surface area contributed by atoms with Crippen molar-refractivity contribution in [2.75, 3.05) is 33.0 Å². The second-order valence-electron chi connectivity index (χ2n) is 9.42. The number of ether oxygens (including phenoxy) is 5. The summed E-state index contributed by atoms with van der Waals surface area (Å²) in [5, 5.41) is 0. The predicted octanol–water partition coefficient (Wildman–Crippen LogP) is 3.96. The molecule has 0 aliphatic carbocycles. The first-order chi connectivity index (χ1) is 15.6. The number of carbonyl (C=O) groups excluding carboxylic acids is 1. The summed E-state index contributed by atoms with van der Waals surface area (Å²) >= 11 is 0. The number of hydrogen-bond donors (Lipinski definition) is 1. The van der Waals surface area contributed by atoms with Crippen molar-refractivity contribution in [1.29, 1.82) is 0 Å². The van der Waals surface area contributed by atoms with E-state index in [2.05, 4.69) is 18.8 Å². The lowest BCUT2D eigenvalue weighted by molar-refractivity contribution is -0.483. The van der Waals surface area contributed by atoms with E-state index in [1.165, 1.54) is 0 Å². The van der Waals surface area contributed by atoms with Crippen molar-refractivity contribution in [2.45, 2.75) is 51.7 Å². The fourth-order valence-electron chi connectivity index (χ4n) is 5.19. The SMILES string of the molecule is CCCC12COC(c3cccn3C(OC(=O)c3ccc[nH]3)C3(CCC)COC3)(OC1)OC2. The van der Waals surface area contributed by atoms with E-state index < -0.39 is 18.2 Å². The van der Waals surface area contributed by atoms with E-state index in [-0.39, 0.29) is 10.8 Å². The Labute approximate surface area is 188 Å². The van der Waals surface area contributed by atoms with Gasteiger partial charge in [-0.15, -0.1) is 0 Å². The van der Waals surface area contributed by atoms with E-state index in [9.17, 15) is 4.79 Å². The minimum absolute atomic E-state index is 0.0847. The number of esters is 1. The highest BCUT2D eigenvalue weighted by Gasteiger charge is 2.56. The Bertz CT molecular complexity index is 908. The Morgan fingerprint density at radius 1 is 1.06 bits per heavy atom. The Balaban J connectivity index is 1.47. The maximum Gasteiger partial charge on any atom is 0.356 e. The molecule has 2 bridgehead atoms. The van der Waals surface area contributed by atoms with Gasteiger partial charge in [-0.05, 0) is 37.1 Å². The molecule has 8 nitrogen and oxygen atoms in total. The molecule has 0 aromatic carbocycles. The number of nitrogens with zero attached hydrogens (tertiary/aromatic N) is 1. The Morgan fingerprint density at radius 3 is 2.34 bits per heavy atom. The van der Waals surface area contributed by atoms with Crippen LogP contribution in [0.5, 0.6) is 0 Å². The van der Waals surface area contributed by atoms with Crippen LogP contribution in [0.3, 0.4) is 0 Å². The number of rotatable bonds is 9. The Morgan fingerprint density at radius 2 is 1.78 bits per heavy atom. The molecule has 8 heteroatoms. The molecule has 0 radical (unpaired) electrons. The van der Waals surface area contributed by atoms with Gasteiger partial charge in [-0.25, -0.2) is 4.79 Å². The van der Waals surface area contributed by atoms with Gasteiger partial charge in [0.05, 0.1) is 38.4 Å². The maximum absolute atomic E-state index is 13.0. The molecule has 4 aliphatic rings. The van der Waals surface area contributed by atoms with Gasteiger partial charge in [0, 0.05) is 17.8 Å². The first-order valence-corrected chi connectivity index (χ1v) is 11.6. The third-order valence-electron chi connectivity index (χ3n) is 6.92. The lowest BCUT2D eigenvalue weighted by Crippen LogP contribution is -2.59. The zero-order chi connectivity index (χ0) is 22.2. The zero-order valence-corrected chi connectivity index (χ0v) is 18.8. The van der Waals surface area contributed by atoms with Crippen LogP contribution in [0.1, 0.15) is 61.9 Å². The molecule has 0 spiro atoms. The molecule has 6 heterocycles. The summed E-state index contributed by atoms with van der Waals surface area (Å²) in [6.45, 7) is 7.09. The van der Waals surface area contributed by atoms with Crippen molar-refractivity contribution in [1.82, 2.24) is 9.55 Å². The number of aromatic amines is 1. The predicted molar refractivity (Wildman–Crippen MR) is 115 cm³/mol. The summed E-state index contributed by atoms with van der Waals surface area (Å²) in [6.07, 6.45) is 6.90. The van der Waals surface area contributed by atoms with Gasteiger partial charge >= 0.3 is 11.9 Å². The molecule has 1 N–H and O–H groups in total. The average Bonchev–Trinajstić information content (AvgIpc) is 3.49. The summed E-state index contributed by atoms with van der Waals surface area (Å²) in [7, 11) is 0. The summed E-state index contributed by atoms with van der Waals surface area (Å²) in [6, 6.07) is 7.33. The quantitative estimate of drug-likeness (QED) is 0.590. The number of H-pyrrole nitrogens is 1. The van der Waals surface area contributed by atoms with Crippen molar-refractivity contribution >= 4 is 5.97 Å². The average molecular weight is 445 g/mol. The lowest BCUT2D eigenvalue weighted by atomic mass is 9.79. The molecule has 32 heavy (non-hydrogen) atoms. The summed E-state index contributed by atoms with van der Waals surface area (Å²) in [5.74, 6) is -1.69. The van der Waals surface area contributed by atoms with Crippen molar-refractivity contribution in [3.63, 3.8) is 0 Å². The van der Waals surface area contributed by atoms with E-state index in [0.29, 0.717) is 44.4 Å². The van der Waals surface area contributed by atoms with Crippen molar-refractivity contribution in [3.8, 4) is 0 Å². The highest BCUT2D eigenvalue weighted by molar-refractivity contribution is 5.87. The van der Waals surface area contributed by atoms with Crippen LogP contribution < -0.4 is 0 Å². The molecule has 2 aromatic rings. The molecule has 1 atom stereocenters. The van der Waals surface area contributed by atoms with E-state index >= 15 is 0 Å². The first-order valence-electron chi connectivity index (χ1n) is 11.6. The Kier molecular flexibility index (Phi) is 5.65. The van der Waals surface area contributed by atoms with E-state index in [1.807, 2.05) is 22.9 Å². The lowest BCUT2D eigenvalue weighted by Gasteiger charge is -2.53. The van der Waals surface area contributed by atoms with Crippen LogP contribution in [0.15, 0.2) is 36.7 Å². The number of fused-ring (bicyclic) bond motifs is 3. The zero-order valence-electron chi connectivity index (χ0n) is 18.8. The molecule has 0 amide bonds. The van der Waals surface area contributed by atoms with Crippen LogP contribution >= 0.6 is 0 Å². The third kappa shape index (κ3) is 3.50. The van der Waals surface area contributed by atoms with Crippen LogP contribution in [-0.2, 0) is 29.7 Å². The van der Waals surface area contributed by atoms with Crippen LogP contribution in [0, 0.1) is 10.8 Å². The van der Waals surface area contributed by atoms with Crippen molar-refractivity contribution in [2.24, 2.45) is 10.8 Å². The van der Waals surface area contributed by atoms with E-state index in [1.54, 1.807) is 18.3 Å². The summed E-state index contributed by atoms with van der Waals surface area (Å²) in [5.41, 5.74) is 0.709. The smallest absolute Gasteiger partial charge is 0.356 e. The van der Waals surface area contributed by atoms with Gasteiger partial charge < -0.3 is 33.2 Å². The van der Waals surface area contributed by atoms with Crippen LogP contribution in [0.4, 0.5) is 0 Å². The van der Waals surface area contributed by atoms with Gasteiger partial charge in [-0.3, -0.25) is 0 Å². The molecule has 174 valence electrons.